The predicted octanol–water partition coefficient (Wildman–Crippen LogP) is 2.53. The summed E-state index contributed by atoms with van der Waals surface area (Å²) >= 11 is 0. The lowest BCUT2D eigenvalue weighted by Gasteiger charge is -2.07. The van der Waals surface area contributed by atoms with Crippen molar-refractivity contribution in [1.29, 1.82) is 0 Å². The summed E-state index contributed by atoms with van der Waals surface area (Å²) in [6.45, 7) is 1.34. The van der Waals surface area contributed by atoms with Crippen LogP contribution >= 0.6 is 0 Å². The summed E-state index contributed by atoms with van der Waals surface area (Å²) in [6, 6.07) is 10.7. The fourth-order valence-corrected chi connectivity index (χ4v) is 2.83. The molecule has 0 radical (unpaired) electrons. The minimum absolute atomic E-state index is 0.156. The van der Waals surface area contributed by atoms with E-state index in [0.717, 1.165) is 0 Å². The maximum atomic E-state index is 12.6. The van der Waals surface area contributed by atoms with E-state index in [9.17, 15) is 19.2 Å². The van der Waals surface area contributed by atoms with Crippen LogP contribution in [0.4, 0.5) is 5.69 Å². The van der Waals surface area contributed by atoms with E-state index in [1.54, 1.807) is 12.1 Å². The Morgan fingerprint density at radius 1 is 0.960 bits per heavy atom. The van der Waals surface area contributed by atoms with Crippen molar-refractivity contribution in [1.82, 2.24) is 0 Å². The van der Waals surface area contributed by atoms with Gasteiger partial charge in [-0.15, -0.1) is 0 Å². The predicted molar refractivity (Wildman–Crippen MR) is 90.2 cm³/mol. The van der Waals surface area contributed by atoms with Crippen LogP contribution in [-0.4, -0.2) is 30.4 Å². The summed E-state index contributed by atoms with van der Waals surface area (Å²) in [5, 5.41) is 2.56. The first-order valence-corrected chi connectivity index (χ1v) is 7.60. The molecule has 1 aliphatic carbocycles. The molecule has 6 nitrogen and oxygen atoms in total. The van der Waals surface area contributed by atoms with Crippen molar-refractivity contribution in [2.45, 2.75) is 6.92 Å². The van der Waals surface area contributed by atoms with Crippen molar-refractivity contribution in [3.8, 4) is 5.75 Å². The van der Waals surface area contributed by atoms with Gasteiger partial charge in [-0.1, -0.05) is 0 Å². The van der Waals surface area contributed by atoms with Gasteiger partial charge in [0.25, 0.3) is 0 Å². The van der Waals surface area contributed by atoms with Gasteiger partial charge in [-0.3, -0.25) is 19.2 Å². The average molecular weight is 337 g/mol. The third kappa shape index (κ3) is 2.94. The van der Waals surface area contributed by atoms with E-state index in [2.05, 4.69) is 5.32 Å². The summed E-state index contributed by atoms with van der Waals surface area (Å²) in [5.74, 6) is -2.71. The largest absolute Gasteiger partial charge is 0.497 e. The Kier molecular flexibility index (Phi) is 4.19. The molecule has 2 aromatic carbocycles. The zero-order valence-corrected chi connectivity index (χ0v) is 13.7. The van der Waals surface area contributed by atoms with Gasteiger partial charge < -0.3 is 10.1 Å². The van der Waals surface area contributed by atoms with Crippen LogP contribution < -0.4 is 10.1 Å². The average Bonchev–Trinajstić information content (AvgIpc) is 2.84. The maximum absolute atomic E-state index is 12.6. The number of ketones is 3. The van der Waals surface area contributed by atoms with Crippen LogP contribution in [0.2, 0.25) is 0 Å². The van der Waals surface area contributed by atoms with E-state index < -0.39 is 23.3 Å². The van der Waals surface area contributed by atoms with Crippen LogP contribution in [-0.2, 0) is 4.79 Å². The van der Waals surface area contributed by atoms with Crippen LogP contribution in [0.5, 0.6) is 5.75 Å². The van der Waals surface area contributed by atoms with Crippen molar-refractivity contribution >= 4 is 28.9 Å². The SMILES string of the molecule is COc1ccc(C(=O)C2C(=O)c3ccc(NC(C)=O)cc3C2=O)cc1. The highest BCUT2D eigenvalue weighted by atomic mass is 16.5. The van der Waals surface area contributed by atoms with Crippen LogP contribution in [0, 0.1) is 5.92 Å². The second-order valence-electron chi connectivity index (χ2n) is 5.70. The molecule has 0 aromatic heterocycles. The molecule has 1 amide bonds. The van der Waals surface area contributed by atoms with Gasteiger partial charge in [0.05, 0.1) is 7.11 Å². The second-order valence-corrected chi connectivity index (χ2v) is 5.70. The van der Waals surface area contributed by atoms with Gasteiger partial charge in [0.1, 0.15) is 11.7 Å². The lowest BCUT2D eigenvalue weighted by Crippen LogP contribution is -2.25. The van der Waals surface area contributed by atoms with Crippen molar-refractivity contribution in [3.63, 3.8) is 0 Å². The number of methoxy groups -OCH3 is 1. The quantitative estimate of drug-likeness (QED) is 0.684. The lowest BCUT2D eigenvalue weighted by atomic mass is 9.93. The Hall–Kier alpha value is -3.28. The fourth-order valence-electron chi connectivity index (χ4n) is 2.83. The smallest absolute Gasteiger partial charge is 0.221 e. The van der Waals surface area contributed by atoms with E-state index in [1.165, 1.54) is 44.4 Å². The Balaban J connectivity index is 1.93. The first kappa shape index (κ1) is 16.6. The first-order valence-electron chi connectivity index (χ1n) is 7.60. The number of carbonyl (C=O) groups is 4. The highest BCUT2D eigenvalue weighted by Crippen LogP contribution is 2.31. The van der Waals surface area contributed by atoms with Crippen LogP contribution in [0.3, 0.4) is 0 Å². The Labute approximate surface area is 143 Å². The van der Waals surface area contributed by atoms with E-state index >= 15 is 0 Å². The molecular formula is C19H15NO5. The van der Waals surface area contributed by atoms with Gasteiger partial charge in [-0.05, 0) is 42.5 Å². The Morgan fingerprint density at radius 2 is 1.60 bits per heavy atom. The number of hydrogen-bond acceptors (Lipinski definition) is 5. The molecule has 1 unspecified atom stereocenters. The lowest BCUT2D eigenvalue weighted by molar-refractivity contribution is -0.114. The standard InChI is InChI=1S/C19H15NO5/c1-10(21)20-12-5-8-14-15(9-12)19(24)16(18(14)23)17(22)11-3-6-13(25-2)7-4-11/h3-9,16H,1-2H3,(H,20,21). The number of amides is 1. The number of ether oxygens (including phenoxy) is 1. The van der Waals surface area contributed by atoms with Crippen molar-refractivity contribution < 1.29 is 23.9 Å². The number of hydrogen-bond donors (Lipinski definition) is 1. The number of nitrogens with one attached hydrogen (secondary N) is 1. The van der Waals surface area contributed by atoms with E-state index in [1.807, 2.05) is 0 Å². The molecule has 6 heteroatoms. The molecule has 0 aliphatic heterocycles. The Bertz CT molecular complexity index is 899. The van der Waals surface area contributed by atoms with Gasteiger partial charge >= 0.3 is 0 Å². The normalized spacial score (nSPS) is 15.7. The third-order valence-corrected chi connectivity index (χ3v) is 4.03. The summed E-state index contributed by atoms with van der Waals surface area (Å²) in [5.41, 5.74) is 1.03. The number of carbonyl (C=O) groups excluding carboxylic acids is 4. The van der Waals surface area contributed by atoms with E-state index in [-0.39, 0.29) is 22.6 Å². The number of rotatable bonds is 4. The molecule has 0 fully saturated rings. The second kappa shape index (κ2) is 6.32. The third-order valence-electron chi connectivity index (χ3n) is 4.03. The fraction of sp³-hybridized carbons (Fsp3) is 0.158. The summed E-state index contributed by atoms with van der Waals surface area (Å²) in [6.07, 6.45) is 0. The minimum atomic E-state index is -1.38. The molecule has 1 aliphatic rings. The maximum Gasteiger partial charge on any atom is 0.221 e. The molecule has 0 spiro atoms. The van der Waals surface area contributed by atoms with Crippen LogP contribution in [0.15, 0.2) is 42.5 Å². The first-order chi connectivity index (χ1) is 11.9. The van der Waals surface area contributed by atoms with Gasteiger partial charge in [0, 0.05) is 29.3 Å². The number of Topliss-reactive ketones (excluding diaryl/α,β-unsaturated/α-hetero) is 3. The molecular weight excluding hydrogens is 322 g/mol. The van der Waals surface area contributed by atoms with E-state index in [4.69, 9.17) is 4.74 Å². The van der Waals surface area contributed by atoms with Crippen molar-refractivity contribution in [2.75, 3.05) is 12.4 Å². The zero-order valence-electron chi connectivity index (χ0n) is 13.7. The number of anilines is 1. The zero-order chi connectivity index (χ0) is 18.1. The topological polar surface area (TPSA) is 89.5 Å². The van der Waals surface area contributed by atoms with Gasteiger partial charge in [0.15, 0.2) is 17.3 Å². The molecule has 2 aromatic rings. The highest BCUT2D eigenvalue weighted by molar-refractivity contribution is 6.38. The van der Waals surface area contributed by atoms with Crippen molar-refractivity contribution in [2.24, 2.45) is 5.92 Å². The Morgan fingerprint density at radius 3 is 2.20 bits per heavy atom. The number of benzene rings is 2. The molecule has 126 valence electrons. The van der Waals surface area contributed by atoms with Crippen LogP contribution in [0.25, 0.3) is 0 Å². The monoisotopic (exact) mass is 337 g/mol. The molecule has 1 atom stereocenters. The molecule has 0 bridgehead atoms. The van der Waals surface area contributed by atoms with Gasteiger partial charge in [-0.2, -0.15) is 0 Å². The minimum Gasteiger partial charge on any atom is -0.497 e. The summed E-state index contributed by atoms with van der Waals surface area (Å²) in [4.78, 5) is 48.9. The number of fused-ring (bicyclic) bond motifs is 1. The van der Waals surface area contributed by atoms with Crippen LogP contribution in [0.1, 0.15) is 38.0 Å². The molecule has 0 saturated heterocycles. The van der Waals surface area contributed by atoms with E-state index in [0.29, 0.717) is 11.4 Å². The summed E-state index contributed by atoms with van der Waals surface area (Å²) in [7, 11) is 1.50. The summed E-state index contributed by atoms with van der Waals surface area (Å²) < 4.78 is 5.03. The molecule has 25 heavy (non-hydrogen) atoms. The van der Waals surface area contributed by atoms with Gasteiger partial charge in [-0.25, -0.2) is 0 Å². The van der Waals surface area contributed by atoms with Crippen molar-refractivity contribution in [3.05, 3.63) is 59.2 Å². The molecule has 0 saturated carbocycles. The highest BCUT2D eigenvalue weighted by Gasteiger charge is 2.43. The van der Waals surface area contributed by atoms with Gasteiger partial charge in [0.2, 0.25) is 5.91 Å². The molecule has 1 N–H and O–H groups in total. The molecule has 3 rings (SSSR count). The molecule has 0 heterocycles.